The molecule has 2 aromatic heterocycles. The highest BCUT2D eigenvalue weighted by Gasteiger charge is 2.30. The summed E-state index contributed by atoms with van der Waals surface area (Å²) in [5.74, 6) is 0.498. The smallest absolute Gasteiger partial charge is 0.269 e. The zero-order valence-corrected chi connectivity index (χ0v) is 15.8. The summed E-state index contributed by atoms with van der Waals surface area (Å²) in [6.45, 7) is 3.72. The lowest BCUT2D eigenvalue weighted by molar-refractivity contribution is 0.0704. The molecule has 0 bridgehead atoms. The minimum absolute atomic E-state index is 0.149. The Bertz CT molecular complexity index is 840. The molecule has 0 spiro atoms. The topological polar surface area (TPSA) is 92.1 Å². The molecule has 138 valence electrons. The van der Waals surface area contributed by atoms with E-state index in [4.69, 9.17) is 5.73 Å². The van der Waals surface area contributed by atoms with Crippen molar-refractivity contribution < 1.29 is 9.59 Å². The second kappa shape index (κ2) is 6.87. The Morgan fingerprint density at radius 2 is 2.23 bits per heavy atom. The molecule has 26 heavy (non-hydrogen) atoms. The van der Waals surface area contributed by atoms with Gasteiger partial charge in [-0.15, -0.1) is 11.3 Å². The van der Waals surface area contributed by atoms with Gasteiger partial charge in [-0.05, 0) is 49.7 Å². The van der Waals surface area contributed by atoms with Gasteiger partial charge in [0, 0.05) is 35.0 Å². The van der Waals surface area contributed by atoms with Gasteiger partial charge in [-0.25, -0.2) is 0 Å². The van der Waals surface area contributed by atoms with Gasteiger partial charge in [-0.3, -0.25) is 14.7 Å². The number of nitrogens with one attached hydrogen (secondary N) is 1. The van der Waals surface area contributed by atoms with E-state index in [0.29, 0.717) is 12.5 Å². The summed E-state index contributed by atoms with van der Waals surface area (Å²) in [6, 6.07) is 1.72. The maximum Gasteiger partial charge on any atom is 0.269 e. The molecule has 2 amide bonds. The van der Waals surface area contributed by atoms with Crippen molar-refractivity contribution in [2.24, 2.45) is 11.7 Å². The Labute approximate surface area is 156 Å². The summed E-state index contributed by atoms with van der Waals surface area (Å²) < 4.78 is 0. The Morgan fingerprint density at radius 3 is 3.00 bits per heavy atom. The molecule has 1 fully saturated rings. The SMILES string of the molecule is C[C@H]1CCc2c(C(=O)N3CCC[C@H](c4cc(C(N)=O)n[nH]4)C3)csc2C1. The van der Waals surface area contributed by atoms with E-state index in [9.17, 15) is 9.59 Å². The summed E-state index contributed by atoms with van der Waals surface area (Å²) in [7, 11) is 0. The molecule has 3 heterocycles. The van der Waals surface area contributed by atoms with Gasteiger partial charge in [0.05, 0.1) is 5.56 Å². The molecule has 1 aliphatic carbocycles. The molecule has 6 nitrogen and oxygen atoms in total. The van der Waals surface area contributed by atoms with Gasteiger partial charge in [0.1, 0.15) is 5.69 Å². The first-order chi connectivity index (χ1) is 12.5. The molecule has 7 heteroatoms. The van der Waals surface area contributed by atoms with Crippen molar-refractivity contribution in [3.05, 3.63) is 38.8 Å². The Kier molecular flexibility index (Phi) is 4.56. The van der Waals surface area contributed by atoms with Crippen LogP contribution in [0.2, 0.25) is 0 Å². The van der Waals surface area contributed by atoms with E-state index >= 15 is 0 Å². The molecule has 3 N–H and O–H groups in total. The molecule has 0 unspecified atom stereocenters. The van der Waals surface area contributed by atoms with E-state index in [1.54, 1.807) is 17.4 Å². The second-order valence-electron chi connectivity index (χ2n) is 7.56. The van der Waals surface area contributed by atoms with Crippen LogP contribution in [0.15, 0.2) is 11.4 Å². The highest BCUT2D eigenvalue weighted by atomic mass is 32.1. The van der Waals surface area contributed by atoms with Gasteiger partial charge < -0.3 is 10.6 Å². The largest absolute Gasteiger partial charge is 0.364 e. The molecule has 2 aliphatic rings. The standard InChI is InChI=1S/C19H24N4O2S/c1-11-4-5-13-14(10-26-17(13)7-11)19(25)23-6-2-3-12(9-23)15-8-16(18(20)24)22-21-15/h8,10-12H,2-7,9H2,1H3,(H2,20,24)(H,21,22)/t11-,12-/m0/s1. The van der Waals surface area contributed by atoms with Crippen molar-refractivity contribution in [1.29, 1.82) is 0 Å². The van der Waals surface area contributed by atoms with Crippen LogP contribution in [0.25, 0.3) is 0 Å². The van der Waals surface area contributed by atoms with Crippen molar-refractivity contribution in [2.75, 3.05) is 13.1 Å². The number of likely N-dealkylation sites (tertiary alicyclic amines) is 1. The van der Waals surface area contributed by atoms with Crippen LogP contribution in [-0.4, -0.2) is 40.0 Å². The zero-order chi connectivity index (χ0) is 18.3. The minimum atomic E-state index is -0.532. The number of piperidine rings is 1. The van der Waals surface area contributed by atoms with Crippen LogP contribution in [-0.2, 0) is 12.8 Å². The first-order valence-corrected chi connectivity index (χ1v) is 10.1. The third-order valence-corrected chi connectivity index (χ3v) is 6.68. The van der Waals surface area contributed by atoms with E-state index in [2.05, 4.69) is 22.5 Å². The number of aromatic nitrogens is 2. The number of H-pyrrole nitrogens is 1. The predicted octanol–water partition coefficient (Wildman–Crippen LogP) is 2.71. The van der Waals surface area contributed by atoms with Gasteiger partial charge in [0.15, 0.2) is 0 Å². The Hall–Kier alpha value is -2.15. The van der Waals surface area contributed by atoms with Crippen LogP contribution in [0.3, 0.4) is 0 Å². The number of hydrogen-bond acceptors (Lipinski definition) is 4. The fourth-order valence-corrected chi connectivity index (χ4v) is 5.35. The summed E-state index contributed by atoms with van der Waals surface area (Å²) in [6.07, 6.45) is 5.20. The van der Waals surface area contributed by atoms with E-state index in [0.717, 1.165) is 49.9 Å². The normalized spacial score (nSPS) is 22.9. The molecule has 1 aliphatic heterocycles. The first kappa shape index (κ1) is 17.3. The summed E-state index contributed by atoms with van der Waals surface area (Å²) in [5.41, 5.74) is 8.61. The average Bonchev–Trinajstić information content (AvgIpc) is 3.28. The highest BCUT2D eigenvalue weighted by molar-refractivity contribution is 7.10. The Morgan fingerprint density at radius 1 is 1.38 bits per heavy atom. The summed E-state index contributed by atoms with van der Waals surface area (Å²) in [4.78, 5) is 27.7. The van der Waals surface area contributed by atoms with E-state index in [1.165, 1.54) is 10.4 Å². The molecule has 0 saturated carbocycles. The lowest BCUT2D eigenvalue weighted by Gasteiger charge is -2.32. The number of nitrogens with two attached hydrogens (primary N) is 1. The lowest BCUT2D eigenvalue weighted by Crippen LogP contribution is -2.39. The third kappa shape index (κ3) is 3.16. The molecular formula is C19H24N4O2S. The number of hydrogen-bond donors (Lipinski definition) is 2. The van der Waals surface area contributed by atoms with Crippen LogP contribution < -0.4 is 5.73 Å². The van der Waals surface area contributed by atoms with E-state index < -0.39 is 5.91 Å². The lowest BCUT2D eigenvalue weighted by atomic mass is 9.88. The van der Waals surface area contributed by atoms with Crippen molar-refractivity contribution in [1.82, 2.24) is 15.1 Å². The van der Waals surface area contributed by atoms with Crippen molar-refractivity contribution in [3.8, 4) is 0 Å². The average molecular weight is 372 g/mol. The van der Waals surface area contributed by atoms with E-state index in [-0.39, 0.29) is 17.5 Å². The van der Waals surface area contributed by atoms with Crippen molar-refractivity contribution in [2.45, 2.75) is 44.9 Å². The quantitative estimate of drug-likeness (QED) is 0.868. The first-order valence-electron chi connectivity index (χ1n) is 9.26. The number of thiophene rings is 1. The number of primary amides is 1. The van der Waals surface area contributed by atoms with Crippen LogP contribution in [0.4, 0.5) is 0 Å². The molecule has 0 aromatic carbocycles. The van der Waals surface area contributed by atoms with Crippen molar-refractivity contribution >= 4 is 23.2 Å². The minimum Gasteiger partial charge on any atom is -0.364 e. The fraction of sp³-hybridized carbons (Fsp3) is 0.526. The van der Waals surface area contributed by atoms with Gasteiger partial charge in [-0.2, -0.15) is 5.10 Å². The maximum atomic E-state index is 13.1. The third-order valence-electron chi connectivity index (χ3n) is 5.63. The summed E-state index contributed by atoms with van der Waals surface area (Å²) >= 11 is 1.74. The fourth-order valence-electron chi connectivity index (χ4n) is 4.11. The van der Waals surface area contributed by atoms with Crippen LogP contribution in [0, 0.1) is 5.92 Å². The summed E-state index contributed by atoms with van der Waals surface area (Å²) in [5, 5.41) is 8.94. The number of carbonyl (C=O) groups is 2. The van der Waals surface area contributed by atoms with Crippen LogP contribution in [0.1, 0.15) is 69.1 Å². The van der Waals surface area contributed by atoms with Gasteiger partial charge >= 0.3 is 0 Å². The molecule has 1 saturated heterocycles. The van der Waals surface area contributed by atoms with Gasteiger partial charge in [0.25, 0.3) is 11.8 Å². The molecule has 0 radical (unpaired) electrons. The van der Waals surface area contributed by atoms with Gasteiger partial charge in [0.2, 0.25) is 0 Å². The molecule has 4 rings (SSSR count). The van der Waals surface area contributed by atoms with Crippen LogP contribution >= 0.6 is 11.3 Å². The highest BCUT2D eigenvalue weighted by Crippen LogP contribution is 2.34. The number of rotatable bonds is 3. The monoisotopic (exact) mass is 372 g/mol. The number of nitrogens with zero attached hydrogens (tertiary/aromatic N) is 2. The zero-order valence-electron chi connectivity index (χ0n) is 15.0. The van der Waals surface area contributed by atoms with Crippen molar-refractivity contribution in [3.63, 3.8) is 0 Å². The Balaban J connectivity index is 1.51. The second-order valence-corrected chi connectivity index (χ2v) is 8.53. The molecule has 2 aromatic rings. The van der Waals surface area contributed by atoms with E-state index in [1.807, 2.05) is 4.90 Å². The molecular weight excluding hydrogens is 348 g/mol. The predicted molar refractivity (Wildman–Crippen MR) is 100 cm³/mol. The van der Waals surface area contributed by atoms with Crippen LogP contribution in [0.5, 0.6) is 0 Å². The number of amides is 2. The number of fused-ring (bicyclic) bond motifs is 1. The number of aromatic amines is 1. The van der Waals surface area contributed by atoms with Gasteiger partial charge in [-0.1, -0.05) is 6.92 Å². The number of carbonyl (C=O) groups excluding carboxylic acids is 2. The maximum absolute atomic E-state index is 13.1. The molecule has 2 atom stereocenters.